The number of hydrogen-bond donors (Lipinski definition) is 1. The van der Waals surface area contributed by atoms with Gasteiger partial charge >= 0.3 is 0 Å². The van der Waals surface area contributed by atoms with Gasteiger partial charge in [-0.2, -0.15) is 0 Å². The highest BCUT2D eigenvalue weighted by Gasteiger charge is 2.36. The number of nitrogens with two attached hydrogens (primary N) is 1. The summed E-state index contributed by atoms with van der Waals surface area (Å²) in [6.07, 6.45) is 9.68. The van der Waals surface area contributed by atoms with Gasteiger partial charge in [0.15, 0.2) is 0 Å². The first-order chi connectivity index (χ1) is 8.45. The van der Waals surface area contributed by atoms with Crippen molar-refractivity contribution < 1.29 is 0 Å². The van der Waals surface area contributed by atoms with Crippen LogP contribution >= 0.6 is 0 Å². The van der Waals surface area contributed by atoms with Crippen LogP contribution in [-0.2, 0) is 0 Å². The predicted octanol–water partition coefficient (Wildman–Crippen LogP) is 3.41. The van der Waals surface area contributed by atoms with E-state index in [9.17, 15) is 0 Å². The van der Waals surface area contributed by atoms with E-state index in [1.807, 2.05) is 0 Å². The van der Waals surface area contributed by atoms with Crippen molar-refractivity contribution in [2.45, 2.75) is 71.3 Å². The first-order valence-corrected chi connectivity index (χ1v) is 7.90. The molecule has 1 saturated carbocycles. The molecule has 1 atom stereocenters. The minimum atomic E-state index is 0.255. The smallest absolute Gasteiger partial charge is 0.0306 e. The van der Waals surface area contributed by atoms with E-state index in [4.69, 9.17) is 5.73 Å². The second-order valence-electron chi connectivity index (χ2n) is 7.71. The average molecular weight is 252 g/mol. The molecule has 0 aromatic rings. The minimum absolute atomic E-state index is 0.255. The summed E-state index contributed by atoms with van der Waals surface area (Å²) in [5.41, 5.74) is 6.93. The Balaban J connectivity index is 1.97. The van der Waals surface area contributed by atoms with Gasteiger partial charge in [0.2, 0.25) is 0 Å². The van der Waals surface area contributed by atoms with E-state index in [-0.39, 0.29) is 5.54 Å². The lowest BCUT2D eigenvalue weighted by Gasteiger charge is -2.44. The third kappa shape index (κ3) is 3.27. The zero-order chi connectivity index (χ0) is 13.2. The van der Waals surface area contributed by atoms with Crippen molar-refractivity contribution in [2.24, 2.45) is 17.1 Å². The maximum atomic E-state index is 6.14. The van der Waals surface area contributed by atoms with Crippen molar-refractivity contribution in [3.05, 3.63) is 0 Å². The Morgan fingerprint density at radius 3 is 2.44 bits per heavy atom. The van der Waals surface area contributed by atoms with Crippen molar-refractivity contribution in [2.75, 3.05) is 19.6 Å². The normalized spacial score (nSPS) is 29.3. The summed E-state index contributed by atoms with van der Waals surface area (Å²) in [6, 6.07) is 0. The molecule has 2 heteroatoms. The third-order valence-corrected chi connectivity index (χ3v) is 5.50. The fourth-order valence-electron chi connectivity index (χ4n) is 3.62. The summed E-state index contributed by atoms with van der Waals surface area (Å²) in [4.78, 5) is 2.71. The average Bonchev–Trinajstić information content (AvgIpc) is 2.45. The van der Waals surface area contributed by atoms with Crippen molar-refractivity contribution in [1.29, 1.82) is 0 Å². The molecular formula is C16H32N2. The van der Waals surface area contributed by atoms with Gasteiger partial charge in [-0.1, -0.05) is 33.1 Å². The standard InChI is InChI=1S/C16H32N2/c1-15(2)8-5-10-18(11-9-15)16(3,13-17)12-14-6-4-7-14/h14H,4-13,17H2,1-3H3. The summed E-state index contributed by atoms with van der Waals surface area (Å²) in [6.45, 7) is 10.6. The second-order valence-corrected chi connectivity index (χ2v) is 7.71. The van der Waals surface area contributed by atoms with Crippen LogP contribution in [0, 0.1) is 11.3 Å². The number of likely N-dealkylation sites (tertiary alicyclic amines) is 1. The van der Waals surface area contributed by atoms with Crippen molar-refractivity contribution in [3.8, 4) is 0 Å². The molecule has 2 rings (SSSR count). The molecule has 2 aliphatic rings. The molecule has 0 aromatic carbocycles. The molecular weight excluding hydrogens is 220 g/mol. The monoisotopic (exact) mass is 252 g/mol. The van der Waals surface area contributed by atoms with E-state index in [1.54, 1.807) is 0 Å². The Bertz CT molecular complexity index is 270. The van der Waals surface area contributed by atoms with Crippen LogP contribution in [0.15, 0.2) is 0 Å². The first-order valence-electron chi connectivity index (χ1n) is 7.90. The SMILES string of the molecule is CC1(C)CCCN(C(C)(CN)CC2CCC2)CC1. The quantitative estimate of drug-likeness (QED) is 0.831. The van der Waals surface area contributed by atoms with Crippen LogP contribution in [0.25, 0.3) is 0 Å². The van der Waals surface area contributed by atoms with Crippen molar-refractivity contribution in [1.82, 2.24) is 4.90 Å². The van der Waals surface area contributed by atoms with Gasteiger partial charge in [0.05, 0.1) is 0 Å². The van der Waals surface area contributed by atoms with Gasteiger partial charge in [0, 0.05) is 12.1 Å². The summed E-state index contributed by atoms with van der Waals surface area (Å²) in [5.74, 6) is 0.954. The highest BCUT2D eigenvalue weighted by molar-refractivity contribution is 4.93. The van der Waals surface area contributed by atoms with Gasteiger partial charge in [-0.15, -0.1) is 0 Å². The summed E-state index contributed by atoms with van der Waals surface area (Å²) in [7, 11) is 0. The molecule has 0 aromatic heterocycles. The fraction of sp³-hybridized carbons (Fsp3) is 1.00. The Kier molecular flexibility index (Phi) is 4.38. The minimum Gasteiger partial charge on any atom is -0.329 e. The number of rotatable bonds is 4. The highest BCUT2D eigenvalue weighted by Crippen LogP contribution is 2.38. The number of hydrogen-bond acceptors (Lipinski definition) is 2. The van der Waals surface area contributed by atoms with Gasteiger partial charge in [-0.3, -0.25) is 4.90 Å². The lowest BCUT2D eigenvalue weighted by atomic mass is 9.76. The van der Waals surface area contributed by atoms with Crippen molar-refractivity contribution >= 4 is 0 Å². The second kappa shape index (κ2) is 5.50. The van der Waals surface area contributed by atoms with E-state index in [0.29, 0.717) is 5.41 Å². The maximum absolute atomic E-state index is 6.14. The molecule has 1 heterocycles. The zero-order valence-corrected chi connectivity index (χ0v) is 12.7. The van der Waals surface area contributed by atoms with Crippen LogP contribution in [0.5, 0.6) is 0 Å². The van der Waals surface area contributed by atoms with E-state index in [0.717, 1.165) is 12.5 Å². The first kappa shape index (κ1) is 14.3. The van der Waals surface area contributed by atoms with E-state index in [1.165, 1.54) is 58.0 Å². The fourth-order valence-corrected chi connectivity index (χ4v) is 3.62. The molecule has 0 spiro atoms. The molecule has 106 valence electrons. The summed E-state index contributed by atoms with van der Waals surface area (Å²) in [5, 5.41) is 0. The Labute approximate surface area is 113 Å². The predicted molar refractivity (Wildman–Crippen MR) is 78.6 cm³/mol. The molecule has 2 fully saturated rings. The maximum Gasteiger partial charge on any atom is 0.0306 e. The van der Waals surface area contributed by atoms with E-state index in [2.05, 4.69) is 25.7 Å². The molecule has 1 saturated heterocycles. The summed E-state index contributed by atoms with van der Waals surface area (Å²) < 4.78 is 0. The zero-order valence-electron chi connectivity index (χ0n) is 12.7. The Hall–Kier alpha value is -0.0800. The Morgan fingerprint density at radius 1 is 1.17 bits per heavy atom. The molecule has 0 bridgehead atoms. The van der Waals surface area contributed by atoms with Gasteiger partial charge in [-0.05, 0) is 57.0 Å². The van der Waals surface area contributed by atoms with Crippen LogP contribution in [0.2, 0.25) is 0 Å². The third-order valence-electron chi connectivity index (χ3n) is 5.50. The van der Waals surface area contributed by atoms with Crippen molar-refractivity contribution in [3.63, 3.8) is 0 Å². The van der Waals surface area contributed by atoms with Crippen LogP contribution in [0.4, 0.5) is 0 Å². The molecule has 1 aliphatic carbocycles. The molecule has 18 heavy (non-hydrogen) atoms. The van der Waals surface area contributed by atoms with Crippen LogP contribution in [0.3, 0.4) is 0 Å². The lowest BCUT2D eigenvalue weighted by Crippen LogP contribution is -2.53. The van der Waals surface area contributed by atoms with Gasteiger partial charge in [0.25, 0.3) is 0 Å². The largest absolute Gasteiger partial charge is 0.329 e. The van der Waals surface area contributed by atoms with E-state index >= 15 is 0 Å². The topological polar surface area (TPSA) is 29.3 Å². The van der Waals surface area contributed by atoms with Crippen LogP contribution in [0.1, 0.15) is 65.7 Å². The number of nitrogens with zero attached hydrogens (tertiary/aromatic N) is 1. The van der Waals surface area contributed by atoms with Gasteiger partial charge < -0.3 is 5.73 Å². The molecule has 1 aliphatic heterocycles. The highest BCUT2D eigenvalue weighted by atomic mass is 15.2. The van der Waals surface area contributed by atoms with Gasteiger partial charge in [0.1, 0.15) is 0 Å². The molecule has 0 radical (unpaired) electrons. The molecule has 0 amide bonds. The van der Waals surface area contributed by atoms with Crippen LogP contribution in [-0.4, -0.2) is 30.1 Å². The van der Waals surface area contributed by atoms with Gasteiger partial charge in [-0.25, -0.2) is 0 Å². The summed E-state index contributed by atoms with van der Waals surface area (Å²) >= 11 is 0. The molecule has 2 nitrogen and oxygen atoms in total. The molecule has 1 unspecified atom stereocenters. The Morgan fingerprint density at radius 2 is 1.89 bits per heavy atom. The lowest BCUT2D eigenvalue weighted by molar-refractivity contribution is 0.0684. The molecule has 2 N–H and O–H groups in total. The van der Waals surface area contributed by atoms with E-state index < -0.39 is 0 Å². The van der Waals surface area contributed by atoms with Crippen LogP contribution < -0.4 is 5.73 Å².